The fourth-order valence-corrected chi connectivity index (χ4v) is 1.48. The summed E-state index contributed by atoms with van der Waals surface area (Å²) in [6.45, 7) is 1.94. The van der Waals surface area contributed by atoms with Crippen molar-refractivity contribution in [1.29, 1.82) is 0 Å². The van der Waals surface area contributed by atoms with Crippen LogP contribution in [-0.2, 0) is 9.53 Å². The first-order chi connectivity index (χ1) is 9.20. The van der Waals surface area contributed by atoms with Gasteiger partial charge in [0.2, 0.25) is 0 Å². The minimum absolute atomic E-state index is 0.0902. The third kappa shape index (κ3) is 12.7. The maximum Gasteiger partial charge on any atom is 0.308 e. The monoisotopic (exact) mass is 264 g/mol. The van der Waals surface area contributed by atoms with E-state index in [0.717, 1.165) is 25.7 Å². The summed E-state index contributed by atoms with van der Waals surface area (Å²) in [5.41, 5.74) is 0. The van der Waals surface area contributed by atoms with Gasteiger partial charge in [0.05, 0.1) is 19.6 Å². The number of hydrogen-bond acceptors (Lipinski definition) is 3. The molecule has 19 heavy (non-hydrogen) atoms. The van der Waals surface area contributed by atoms with Crippen LogP contribution in [0.1, 0.15) is 45.4 Å². The Morgan fingerprint density at radius 1 is 1.37 bits per heavy atom. The molecule has 0 aromatic carbocycles. The van der Waals surface area contributed by atoms with Gasteiger partial charge in [-0.1, -0.05) is 36.5 Å². The fraction of sp³-hybridized carbons (Fsp3) is 0.562. The molecule has 0 amide bonds. The Morgan fingerprint density at radius 2 is 2.16 bits per heavy atom. The normalized spacial score (nSPS) is 12.4. The number of esters is 1. The Labute approximate surface area is 116 Å². The van der Waals surface area contributed by atoms with Gasteiger partial charge in [0.1, 0.15) is 0 Å². The summed E-state index contributed by atoms with van der Waals surface area (Å²) in [5, 5.41) is 9.53. The van der Waals surface area contributed by atoms with E-state index in [2.05, 4.69) is 28.7 Å². The average Bonchev–Trinajstić information content (AvgIpc) is 2.40. The molecule has 1 unspecified atom stereocenters. The Bertz CT molecular complexity index is 345. The minimum Gasteiger partial charge on any atom is -0.469 e. The van der Waals surface area contributed by atoms with Gasteiger partial charge in [-0.25, -0.2) is 0 Å². The summed E-state index contributed by atoms with van der Waals surface area (Å²) in [7, 11) is 1.33. The van der Waals surface area contributed by atoms with E-state index in [1.165, 1.54) is 7.11 Å². The maximum absolute atomic E-state index is 10.9. The van der Waals surface area contributed by atoms with Gasteiger partial charge in [0.15, 0.2) is 0 Å². The molecule has 3 heteroatoms. The topological polar surface area (TPSA) is 46.5 Å². The number of aliphatic hydroxyl groups excluding tert-OH is 1. The quantitative estimate of drug-likeness (QED) is 0.317. The SMILES string of the molecule is CC=CC#CCC=CCCCCC(O)CC(=O)OC. The van der Waals surface area contributed by atoms with E-state index < -0.39 is 6.10 Å². The number of aliphatic hydroxyl groups is 1. The molecule has 0 spiro atoms. The van der Waals surface area contributed by atoms with Crippen LogP contribution in [0.3, 0.4) is 0 Å². The first-order valence-corrected chi connectivity index (χ1v) is 6.70. The number of carbonyl (C=O) groups is 1. The van der Waals surface area contributed by atoms with Crippen LogP contribution < -0.4 is 0 Å². The fourth-order valence-electron chi connectivity index (χ4n) is 1.48. The molecule has 3 nitrogen and oxygen atoms in total. The number of ether oxygens (including phenoxy) is 1. The molecule has 0 aliphatic carbocycles. The second-order valence-corrected chi connectivity index (χ2v) is 4.22. The number of hydrogen-bond donors (Lipinski definition) is 1. The van der Waals surface area contributed by atoms with Gasteiger partial charge in [0.25, 0.3) is 0 Å². The molecular weight excluding hydrogens is 240 g/mol. The third-order valence-electron chi connectivity index (χ3n) is 2.53. The van der Waals surface area contributed by atoms with Crippen LogP contribution in [0, 0.1) is 11.8 Å². The zero-order valence-corrected chi connectivity index (χ0v) is 11.9. The van der Waals surface area contributed by atoms with Crippen LogP contribution in [0.15, 0.2) is 24.3 Å². The summed E-state index contributed by atoms with van der Waals surface area (Å²) in [6, 6.07) is 0. The lowest BCUT2D eigenvalue weighted by Crippen LogP contribution is -2.14. The van der Waals surface area contributed by atoms with Crippen molar-refractivity contribution in [3.8, 4) is 11.8 Å². The standard InChI is InChI=1S/C16H24O3/c1-3-4-5-6-7-8-9-10-11-12-13-15(17)14-16(18)19-2/h3-4,8-9,15,17H,7,10-14H2,1-2H3. The molecule has 0 rings (SSSR count). The van der Waals surface area contributed by atoms with E-state index in [9.17, 15) is 9.90 Å². The highest BCUT2D eigenvalue weighted by Crippen LogP contribution is 2.07. The highest BCUT2D eigenvalue weighted by molar-refractivity contribution is 5.69. The Morgan fingerprint density at radius 3 is 2.84 bits per heavy atom. The number of rotatable bonds is 8. The number of unbranched alkanes of at least 4 members (excludes halogenated alkanes) is 2. The van der Waals surface area contributed by atoms with Gasteiger partial charge in [-0.2, -0.15) is 0 Å². The molecule has 0 aliphatic rings. The molecule has 1 atom stereocenters. The molecule has 0 bridgehead atoms. The summed E-state index contributed by atoms with van der Waals surface area (Å²) in [5.74, 6) is 5.57. The Hall–Kier alpha value is -1.53. The molecule has 1 N–H and O–H groups in total. The predicted octanol–water partition coefficient (Wildman–Crippen LogP) is 3.00. The predicted molar refractivity (Wildman–Crippen MR) is 77.5 cm³/mol. The van der Waals surface area contributed by atoms with E-state index in [1.807, 2.05) is 19.1 Å². The van der Waals surface area contributed by atoms with E-state index in [1.54, 1.807) is 0 Å². The lowest BCUT2D eigenvalue weighted by molar-refractivity contribution is -0.142. The molecule has 0 heterocycles. The lowest BCUT2D eigenvalue weighted by atomic mass is 10.1. The second-order valence-electron chi connectivity index (χ2n) is 4.22. The van der Waals surface area contributed by atoms with Gasteiger partial charge in [-0.3, -0.25) is 4.79 Å². The molecule has 0 saturated carbocycles. The van der Waals surface area contributed by atoms with Gasteiger partial charge >= 0.3 is 5.97 Å². The van der Waals surface area contributed by atoms with Crippen molar-refractivity contribution < 1.29 is 14.6 Å². The molecule has 0 fully saturated rings. The van der Waals surface area contributed by atoms with Crippen LogP contribution in [0.2, 0.25) is 0 Å². The van der Waals surface area contributed by atoms with Crippen molar-refractivity contribution >= 4 is 5.97 Å². The first-order valence-electron chi connectivity index (χ1n) is 6.70. The van der Waals surface area contributed by atoms with Crippen LogP contribution in [0.25, 0.3) is 0 Å². The summed E-state index contributed by atoms with van der Waals surface area (Å²) in [6.07, 6.45) is 11.7. The van der Waals surface area contributed by atoms with Crippen LogP contribution in [-0.4, -0.2) is 24.3 Å². The molecule has 0 aromatic rings. The van der Waals surface area contributed by atoms with E-state index in [-0.39, 0.29) is 12.4 Å². The van der Waals surface area contributed by atoms with Crippen molar-refractivity contribution in [3.63, 3.8) is 0 Å². The second kappa shape index (κ2) is 12.9. The highest BCUT2D eigenvalue weighted by Gasteiger charge is 2.09. The molecule has 0 aliphatic heterocycles. The number of allylic oxidation sites excluding steroid dienone is 4. The molecular formula is C16H24O3. The summed E-state index contributed by atoms with van der Waals surface area (Å²) in [4.78, 5) is 10.9. The lowest BCUT2D eigenvalue weighted by Gasteiger charge is -2.07. The van der Waals surface area contributed by atoms with Crippen LogP contribution in [0.4, 0.5) is 0 Å². The van der Waals surface area contributed by atoms with Crippen LogP contribution >= 0.6 is 0 Å². The smallest absolute Gasteiger partial charge is 0.308 e. The van der Waals surface area contributed by atoms with E-state index in [4.69, 9.17) is 0 Å². The van der Waals surface area contributed by atoms with Gasteiger partial charge in [-0.15, -0.1) is 0 Å². The first kappa shape index (κ1) is 17.5. The average molecular weight is 264 g/mol. The summed E-state index contributed by atoms with van der Waals surface area (Å²) < 4.78 is 4.49. The number of carbonyl (C=O) groups excluding carboxylic acids is 1. The number of methoxy groups -OCH3 is 1. The Balaban J connectivity index is 3.47. The summed E-state index contributed by atoms with van der Waals surface area (Å²) >= 11 is 0. The van der Waals surface area contributed by atoms with Crippen molar-refractivity contribution in [2.75, 3.05) is 7.11 Å². The molecule has 0 saturated heterocycles. The van der Waals surface area contributed by atoms with Gasteiger partial charge in [-0.05, 0) is 32.3 Å². The maximum atomic E-state index is 10.9. The molecule has 0 radical (unpaired) electrons. The highest BCUT2D eigenvalue weighted by atomic mass is 16.5. The van der Waals surface area contributed by atoms with Crippen LogP contribution in [0.5, 0.6) is 0 Å². The van der Waals surface area contributed by atoms with Gasteiger partial charge in [0, 0.05) is 6.42 Å². The zero-order chi connectivity index (χ0) is 14.3. The molecule has 106 valence electrons. The van der Waals surface area contributed by atoms with Crippen molar-refractivity contribution in [2.24, 2.45) is 0 Å². The van der Waals surface area contributed by atoms with Crippen molar-refractivity contribution in [3.05, 3.63) is 24.3 Å². The van der Waals surface area contributed by atoms with Crippen molar-refractivity contribution in [2.45, 2.75) is 51.6 Å². The van der Waals surface area contributed by atoms with E-state index in [0.29, 0.717) is 6.42 Å². The Kier molecular flexibility index (Phi) is 11.9. The minimum atomic E-state index is -0.580. The van der Waals surface area contributed by atoms with Crippen molar-refractivity contribution in [1.82, 2.24) is 0 Å². The molecule has 0 aromatic heterocycles. The van der Waals surface area contributed by atoms with Gasteiger partial charge < -0.3 is 9.84 Å². The largest absolute Gasteiger partial charge is 0.469 e. The third-order valence-corrected chi connectivity index (χ3v) is 2.53. The zero-order valence-electron chi connectivity index (χ0n) is 11.9. The van der Waals surface area contributed by atoms with E-state index >= 15 is 0 Å².